The number of amides is 1. The van der Waals surface area contributed by atoms with E-state index in [9.17, 15) is 13.6 Å². The van der Waals surface area contributed by atoms with Crippen LogP contribution in [0, 0.1) is 11.6 Å². The van der Waals surface area contributed by atoms with E-state index >= 15 is 0 Å². The van der Waals surface area contributed by atoms with Crippen LogP contribution in [0.15, 0.2) is 60.0 Å². The van der Waals surface area contributed by atoms with Gasteiger partial charge in [-0.25, -0.2) is 8.78 Å². The van der Waals surface area contributed by atoms with E-state index in [1.54, 1.807) is 5.38 Å². The van der Waals surface area contributed by atoms with E-state index in [0.717, 1.165) is 23.3 Å². The first-order chi connectivity index (χ1) is 10.6. The summed E-state index contributed by atoms with van der Waals surface area (Å²) in [4.78, 5) is 12.8. The predicted molar refractivity (Wildman–Crippen MR) is 84.1 cm³/mol. The highest BCUT2D eigenvalue weighted by atomic mass is 32.1. The number of rotatable bonds is 3. The van der Waals surface area contributed by atoms with Crippen LogP contribution in [0.4, 0.5) is 14.5 Å². The highest BCUT2D eigenvalue weighted by Crippen LogP contribution is 2.29. The molecule has 1 heterocycles. The summed E-state index contributed by atoms with van der Waals surface area (Å²) in [6.45, 7) is 0. The number of halogens is 2. The quantitative estimate of drug-likeness (QED) is 0.728. The summed E-state index contributed by atoms with van der Waals surface area (Å²) >= 11 is 1.27. The van der Waals surface area contributed by atoms with Gasteiger partial charge >= 0.3 is 0 Å². The summed E-state index contributed by atoms with van der Waals surface area (Å²) in [6.07, 6.45) is 0. The van der Waals surface area contributed by atoms with Gasteiger partial charge in [0.1, 0.15) is 11.6 Å². The second-order valence-electron chi connectivity index (χ2n) is 4.61. The van der Waals surface area contributed by atoms with E-state index in [1.165, 1.54) is 17.4 Å². The molecule has 2 nitrogen and oxygen atoms in total. The second-order valence-corrected chi connectivity index (χ2v) is 5.52. The molecule has 0 spiro atoms. The number of anilines is 1. The Bertz CT molecular complexity index is 815. The molecule has 0 aliphatic rings. The Morgan fingerprint density at radius 3 is 2.50 bits per heavy atom. The molecule has 0 bridgehead atoms. The Balaban J connectivity index is 1.89. The molecule has 2 aromatic carbocycles. The van der Waals surface area contributed by atoms with Crippen LogP contribution in [0.1, 0.15) is 9.67 Å². The third-order valence-corrected chi connectivity index (χ3v) is 4.05. The second kappa shape index (κ2) is 6.07. The van der Waals surface area contributed by atoms with Crippen molar-refractivity contribution in [3.05, 3.63) is 76.5 Å². The van der Waals surface area contributed by atoms with Crippen LogP contribution < -0.4 is 5.32 Å². The van der Waals surface area contributed by atoms with Crippen molar-refractivity contribution in [2.45, 2.75) is 0 Å². The minimum atomic E-state index is -0.800. The first kappa shape index (κ1) is 14.4. The highest BCUT2D eigenvalue weighted by Gasteiger charge is 2.16. The summed E-state index contributed by atoms with van der Waals surface area (Å²) in [5.74, 6) is -1.90. The third-order valence-electron chi connectivity index (χ3n) is 3.14. The van der Waals surface area contributed by atoms with Crippen LogP contribution in [0.2, 0.25) is 0 Å². The van der Waals surface area contributed by atoms with Crippen molar-refractivity contribution in [2.75, 3.05) is 5.32 Å². The van der Waals surface area contributed by atoms with Gasteiger partial charge in [-0.3, -0.25) is 4.79 Å². The van der Waals surface area contributed by atoms with Gasteiger partial charge < -0.3 is 5.32 Å². The van der Waals surface area contributed by atoms with E-state index in [0.29, 0.717) is 4.88 Å². The number of thiophene rings is 1. The zero-order chi connectivity index (χ0) is 15.5. The first-order valence-corrected chi connectivity index (χ1v) is 7.42. The maximum Gasteiger partial charge on any atom is 0.266 e. The van der Waals surface area contributed by atoms with Crippen LogP contribution in [-0.2, 0) is 0 Å². The molecule has 0 aliphatic carbocycles. The van der Waals surface area contributed by atoms with Crippen molar-refractivity contribution >= 4 is 22.9 Å². The molecule has 1 amide bonds. The van der Waals surface area contributed by atoms with E-state index in [2.05, 4.69) is 5.32 Å². The largest absolute Gasteiger partial charge is 0.319 e. The summed E-state index contributed by atoms with van der Waals surface area (Å²) in [5.41, 5.74) is 1.65. The van der Waals surface area contributed by atoms with Crippen LogP contribution in [0.25, 0.3) is 11.1 Å². The van der Waals surface area contributed by atoms with Gasteiger partial charge in [0.2, 0.25) is 0 Å². The van der Waals surface area contributed by atoms with Crippen LogP contribution in [0.5, 0.6) is 0 Å². The Labute approximate surface area is 130 Å². The van der Waals surface area contributed by atoms with Crippen LogP contribution >= 0.6 is 11.3 Å². The molecule has 0 unspecified atom stereocenters. The van der Waals surface area contributed by atoms with Gasteiger partial charge in [-0.05, 0) is 29.1 Å². The molecule has 3 aromatic rings. The van der Waals surface area contributed by atoms with Gasteiger partial charge in [-0.1, -0.05) is 30.3 Å². The minimum Gasteiger partial charge on any atom is -0.319 e. The topological polar surface area (TPSA) is 29.1 Å². The number of benzene rings is 2. The van der Waals surface area contributed by atoms with Crippen molar-refractivity contribution in [3.8, 4) is 11.1 Å². The van der Waals surface area contributed by atoms with Gasteiger partial charge in [-0.2, -0.15) is 0 Å². The molecule has 1 N–H and O–H groups in total. The number of hydrogen-bond acceptors (Lipinski definition) is 2. The first-order valence-electron chi connectivity index (χ1n) is 6.54. The molecule has 1 aromatic heterocycles. The highest BCUT2D eigenvalue weighted by molar-refractivity contribution is 7.12. The monoisotopic (exact) mass is 315 g/mol. The normalized spacial score (nSPS) is 10.5. The molecular weight excluding hydrogens is 304 g/mol. The Hall–Kier alpha value is -2.53. The smallest absolute Gasteiger partial charge is 0.266 e. The summed E-state index contributed by atoms with van der Waals surface area (Å²) in [5, 5.41) is 4.28. The molecule has 0 fully saturated rings. The van der Waals surface area contributed by atoms with Crippen LogP contribution in [0.3, 0.4) is 0 Å². The fourth-order valence-corrected chi connectivity index (χ4v) is 2.91. The van der Waals surface area contributed by atoms with E-state index in [4.69, 9.17) is 0 Å². The zero-order valence-corrected chi connectivity index (χ0v) is 12.2. The lowest BCUT2D eigenvalue weighted by Crippen LogP contribution is -2.12. The number of carbonyl (C=O) groups excluding carboxylic acids is 1. The molecule has 110 valence electrons. The summed E-state index contributed by atoms with van der Waals surface area (Å²) < 4.78 is 26.5. The summed E-state index contributed by atoms with van der Waals surface area (Å²) in [7, 11) is 0. The number of carbonyl (C=O) groups is 1. The van der Waals surface area contributed by atoms with E-state index in [1.807, 2.05) is 36.4 Å². The zero-order valence-electron chi connectivity index (χ0n) is 11.3. The molecule has 0 aliphatic heterocycles. The minimum absolute atomic E-state index is 0.0428. The fourth-order valence-electron chi connectivity index (χ4n) is 2.10. The lowest BCUT2D eigenvalue weighted by Gasteiger charge is -2.07. The summed E-state index contributed by atoms with van der Waals surface area (Å²) in [6, 6.07) is 14.3. The van der Waals surface area contributed by atoms with Crippen molar-refractivity contribution in [2.24, 2.45) is 0 Å². The molecule has 0 saturated carbocycles. The average Bonchev–Trinajstić information content (AvgIpc) is 3.00. The van der Waals surface area contributed by atoms with E-state index in [-0.39, 0.29) is 5.69 Å². The predicted octanol–water partition coefficient (Wildman–Crippen LogP) is 4.95. The van der Waals surface area contributed by atoms with Gasteiger partial charge in [0.25, 0.3) is 5.91 Å². The van der Waals surface area contributed by atoms with Gasteiger partial charge in [0, 0.05) is 11.6 Å². The maximum atomic E-state index is 13.6. The molecule has 22 heavy (non-hydrogen) atoms. The van der Waals surface area contributed by atoms with Crippen molar-refractivity contribution < 1.29 is 13.6 Å². The Morgan fingerprint density at radius 1 is 1.00 bits per heavy atom. The molecular formula is C17H11F2NOS. The maximum absolute atomic E-state index is 13.6. The molecule has 5 heteroatoms. The molecule has 0 atom stereocenters. The third kappa shape index (κ3) is 2.89. The molecule has 3 rings (SSSR count). The molecule has 0 saturated heterocycles. The van der Waals surface area contributed by atoms with Crippen molar-refractivity contribution in [1.29, 1.82) is 0 Å². The van der Waals surface area contributed by atoms with Gasteiger partial charge in [-0.15, -0.1) is 11.3 Å². The molecule has 0 radical (unpaired) electrons. The van der Waals surface area contributed by atoms with Crippen LogP contribution in [-0.4, -0.2) is 5.91 Å². The number of hydrogen-bond donors (Lipinski definition) is 1. The van der Waals surface area contributed by atoms with Crippen molar-refractivity contribution in [1.82, 2.24) is 0 Å². The average molecular weight is 315 g/mol. The lowest BCUT2D eigenvalue weighted by molar-refractivity contribution is 0.103. The Kier molecular flexibility index (Phi) is 3.98. The van der Waals surface area contributed by atoms with Crippen molar-refractivity contribution in [3.63, 3.8) is 0 Å². The SMILES string of the molecule is O=C(Nc1ccc(F)cc1F)c1sccc1-c1ccccc1. The van der Waals surface area contributed by atoms with E-state index < -0.39 is 17.5 Å². The number of nitrogens with one attached hydrogen (secondary N) is 1. The lowest BCUT2D eigenvalue weighted by atomic mass is 10.1. The standard InChI is InChI=1S/C17H11F2NOS/c18-12-6-7-15(14(19)10-12)20-17(21)16-13(8-9-22-16)11-4-2-1-3-5-11/h1-10H,(H,20,21). The van der Waals surface area contributed by atoms with Gasteiger partial charge in [0.05, 0.1) is 10.6 Å². The fraction of sp³-hybridized carbons (Fsp3) is 0. The van der Waals surface area contributed by atoms with Gasteiger partial charge in [0.15, 0.2) is 0 Å². The Morgan fingerprint density at radius 2 is 1.77 bits per heavy atom.